The molecule has 0 aliphatic carbocycles. The van der Waals surface area contributed by atoms with Crippen LogP contribution in [0.2, 0.25) is 0 Å². The Labute approximate surface area is 165 Å². The zero-order valence-electron chi connectivity index (χ0n) is 15.2. The molecule has 0 aromatic heterocycles. The molecule has 1 aromatic carbocycles. The van der Waals surface area contributed by atoms with Crippen molar-refractivity contribution in [3.8, 4) is 6.07 Å². The quantitative estimate of drug-likeness (QED) is 0.318. The number of benzene rings is 1. The van der Waals surface area contributed by atoms with Crippen LogP contribution in [-0.2, 0) is 14.8 Å². The van der Waals surface area contributed by atoms with Gasteiger partial charge in [0, 0.05) is 44.8 Å². The Kier molecular flexibility index (Phi) is 7.66. The molecule has 7 nitrogen and oxygen atoms in total. The molecule has 1 aliphatic heterocycles. The van der Waals surface area contributed by atoms with Crippen molar-refractivity contribution in [2.45, 2.75) is 18.2 Å². The fourth-order valence-electron chi connectivity index (χ4n) is 2.62. The first-order valence-corrected chi connectivity index (χ1v) is 10.6. The highest BCUT2D eigenvalue weighted by atomic mass is 35.5. The normalized spacial score (nSPS) is 16.0. The molecule has 27 heavy (non-hydrogen) atoms. The van der Waals surface area contributed by atoms with Gasteiger partial charge in [-0.3, -0.25) is 4.79 Å². The van der Waals surface area contributed by atoms with Crippen LogP contribution in [0, 0.1) is 18.3 Å². The van der Waals surface area contributed by atoms with E-state index in [1.807, 2.05) is 13.0 Å². The molecule has 1 heterocycles. The van der Waals surface area contributed by atoms with E-state index in [0.717, 1.165) is 5.56 Å². The van der Waals surface area contributed by atoms with E-state index < -0.39 is 15.9 Å². The summed E-state index contributed by atoms with van der Waals surface area (Å²) < 4.78 is 26.8. The van der Waals surface area contributed by atoms with E-state index in [1.165, 1.54) is 10.5 Å². The van der Waals surface area contributed by atoms with Crippen LogP contribution >= 0.6 is 11.6 Å². The third-order valence-corrected chi connectivity index (χ3v) is 6.38. The Morgan fingerprint density at radius 2 is 1.89 bits per heavy atom. The lowest BCUT2D eigenvalue weighted by Crippen LogP contribution is -2.47. The molecule has 2 rings (SSSR count). The first kappa shape index (κ1) is 21.2. The number of nitrogens with zero attached hydrogens (tertiary/aromatic N) is 3. The van der Waals surface area contributed by atoms with Gasteiger partial charge in [-0.2, -0.15) is 9.57 Å². The van der Waals surface area contributed by atoms with E-state index in [9.17, 15) is 18.5 Å². The second kappa shape index (κ2) is 9.74. The zero-order valence-corrected chi connectivity index (χ0v) is 16.8. The Balaban J connectivity index is 1.98. The summed E-state index contributed by atoms with van der Waals surface area (Å²) in [5.41, 5.74) is 0.997. The van der Waals surface area contributed by atoms with Crippen LogP contribution < -0.4 is 5.32 Å². The smallest absolute Gasteiger partial charge is 0.263 e. The molecule has 146 valence electrons. The van der Waals surface area contributed by atoms with Gasteiger partial charge in [-0.25, -0.2) is 8.42 Å². The summed E-state index contributed by atoms with van der Waals surface area (Å²) in [6.45, 7) is 3.71. The van der Waals surface area contributed by atoms with Crippen LogP contribution in [0.4, 0.5) is 0 Å². The number of rotatable bonds is 7. The predicted octanol–water partition coefficient (Wildman–Crippen LogP) is 1.45. The molecule has 1 aliphatic rings. The Morgan fingerprint density at radius 3 is 2.44 bits per heavy atom. The summed E-state index contributed by atoms with van der Waals surface area (Å²) in [7, 11) is -3.54. The number of sulfonamides is 1. The van der Waals surface area contributed by atoms with Crippen LogP contribution in [0.3, 0.4) is 0 Å². The first-order chi connectivity index (χ1) is 12.9. The van der Waals surface area contributed by atoms with Gasteiger partial charge < -0.3 is 10.2 Å². The Morgan fingerprint density at radius 1 is 1.26 bits per heavy atom. The van der Waals surface area contributed by atoms with Crippen LogP contribution in [0.5, 0.6) is 0 Å². The maximum absolute atomic E-state index is 12.7. The van der Waals surface area contributed by atoms with Gasteiger partial charge in [0.25, 0.3) is 5.91 Å². The number of nitrogens with one attached hydrogen (secondary N) is 1. The number of hydrogen-bond donors (Lipinski definition) is 1. The second-order valence-electron chi connectivity index (χ2n) is 6.21. The van der Waals surface area contributed by atoms with Gasteiger partial charge in [0.15, 0.2) is 0 Å². The summed E-state index contributed by atoms with van der Waals surface area (Å²) in [5.74, 6) is -0.0131. The van der Waals surface area contributed by atoms with E-state index in [2.05, 4.69) is 5.32 Å². The van der Waals surface area contributed by atoms with Crippen molar-refractivity contribution in [3.63, 3.8) is 0 Å². The number of amides is 1. The zero-order chi connectivity index (χ0) is 19.9. The standard InChI is InChI=1S/C18H23ClN4O3S/c1-15-3-5-17(6-4-15)27(25,26)23-11-9-22(10-12-23)14-16(13-20)18(24)21-8-2-7-19/h3-6,14H,2,7-12H2,1H3,(H,21,24)/b16-14-. The number of hydrogen-bond acceptors (Lipinski definition) is 5. The molecule has 1 aromatic rings. The molecule has 0 saturated carbocycles. The monoisotopic (exact) mass is 410 g/mol. The number of halogens is 1. The molecule has 1 N–H and O–H groups in total. The number of alkyl halides is 1. The summed E-state index contributed by atoms with van der Waals surface area (Å²) in [6.07, 6.45) is 2.12. The highest BCUT2D eigenvalue weighted by molar-refractivity contribution is 7.89. The van der Waals surface area contributed by atoms with Gasteiger partial charge in [0.1, 0.15) is 11.6 Å². The van der Waals surface area contributed by atoms with Crippen molar-refractivity contribution in [2.75, 3.05) is 38.6 Å². The van der Waals surface area contributed by atoms with Crippen molar-refractivity contribution >= 4 is 27.5 Å². The van der Waals surface area contributed by atoms with Crippen LogP contribution in [-0.4, -0.2) is 62.1 Å². The lowest BCUT2D eigenvalue weighted by atomic mass is 10.2. The maximum Gasteiger partial charge on any atom is 0.263 e. The van der Waals surface area contributed by atoms with Gasteiger partial charge in [0.2, 0.25) is 10.0 Å². The maximum atomic E-state index is 12.7. The number of carbonyl (C=O) groups excluding carboxylic acids is 1. The van der Waals surface area contributed by atoms with E-state index in [-0.39, 0.29) is 10.5 Å². The molecule has 0 spiro atoms. The number of piperazine rings is 1. The largest absolute Gasteiger partial charge is 0.373 e. The molecule has 0 unspecified atom stereocenters. The highest BCUT2D eigenvalue weighted by Crippen LogP contribution is 2.18. The van der Waals surface area contributed by atoms with E-state index in [4.69, 9.17) is 11.6 Å². The van der Waals surface area contributed by atoms with Crippen LogP contribution in [0.25, 0.3) is 0 Å². The van der Waals surface area contributed by atoms with Crippen molar-refractivity contribution in [1.29, 1.82) is 5.26 Å². The van der Waals surface area contributed by atoms with Crippen molar-refractivity contribution in [2.24, 2.45) is 0 Å². The molecule has 1 fully saturated rings. The minimum atomic E-state index is -3.54. The summed E-state index contributed by atoms with van der Waals surface area (Å²) in [4.78, 5) is 14.0. The average Bonchev–Trinajstić information content (AvgIpc) is 2.67. The van der Waals surface area contributed by atoms with Crippen molar-refractivity contribution < 1.29 is 13.2 Å². The lowest BCUT2D eigenvalue weighted by Gasteiger charge is -2.33. The molecule has 0 bridgehead atoms. The van der Waals surface area contributed by atoms with E-state index >= 15 is 0 Å². The lowest BCUT2D eigenvalue weighted by molar-refractivity contribution is -0.117. The van der Waals surface area contributed by atoms with E-state index in [0.29, 0.717) is 45.0 Å². The van der Waals surface area contributed by atoms with Crippen molar-refractivity contribution in [3.05, 3.63) is 41.6 Å². The summed E-state index contributed by atoms with van der Waals surface area (Å²) in [6, 6.07) is 8.65. The highest BCUT2D eigenvalue weighted by Gasteiger charge is 2.28. The summed E-state index contributed by atoms with van der Waals surface area (Å²) >= 11 is 5.56. The van der Waals surface area contributed by atoms with Gasteiger partial charge in [-0.15, -0.1) is 11.6 Å². The van der Waals surface area contributed by atoms with Gasteiger partial charge in [-0.05, 0) is 25.5 Å². The molecular weight excluding hydrogens is 388 g/mol. The van der Waals surface area contributed by atoms with Gasteiger partial charge >= 0.3 is 0 Å². The van der Waals surface area contributed by atoms with Crippen molar-refractivity contribution in [1.82, 2.24) is 14.5 Å². The average molecular weight is 411 g/mol. The van der Waals surface area contributed by atoms with E-state index in [1.54, 1.807) is 29.2 Å². The topological polar surface area (TPSA) is 93.5 Å². The van der Waals surface area contributed by atoms with Crippen LogP contribution in [0.15, 0.2) is 40.9 Å². The van der Waals surface area contributed by atoms with Gasteiger partial charge in [-0.1, -0.05) is 17.7 Å². The predicted molar refractivity (Wildman–Crippen MR) is 104 cm³/mol. The third kappa shape index (κ3) is 5.70. The molecular formula is C18H23ClN4O3S. The number of aryl methyl sites for hydroxylation is 1. The second-order valence-corrected chi connectivity index (χ2v) is 8.52. The van der Waals surface area contributed by atoms with Crippen LogP contribution in [0.1, 0.15) is 12.0 Å². The van der Waals surface area contributed by atoms with Gasteiger partial charge in [0.05, 0.1) is 4.90 Å². The fraction of sp³-hybridized carbons (Fsp3) is 0.444. The SMILES string of the molecule is Cc1ccc(S(=O)(=O)N2CCN(/C=C(/C#N)C(=O)NCCCCl)CC2)cc1. The molecule has 1 saturated heterocycles. The molecule has 0 atom stereocenters. The first-order valence-electron chi connectivity index (χ1n) is 8.65. The minimum absolute atomic E-state index is 0.000542. The summed E-state index contributed by atoms with van der Waals surface area (Å²) in [5, 5.41) is 11.8. The third-order valence-electron chi connectivity index (χ3n) is 4.20. The minimum Gasteiger partial charge on any atom is -0.373 e. The molecule has 1 amide bonds. The Hall–Kier alpha value is -2.08. The number of carbonyl (C=O) groups is 1. The molecule has 0 radical (unpaired) electrons. The fourth-order valence-corrected chi connectivity index (χ4v) is 4.17. The molecule has 9 heteroatoms. The number of nitriles is 1. The Bertz CT molecular complexity index is 823.